The Morgan fingerprint density at radius 2 is 1.86 bits per heavy atom. The first-order chi connectivity index (χ1) is 10.1. The maximum atomic E-state index is 11.7. The molecule has 0 amide bonds. The van der Waals surface area contributed by atoms with E-state index in [1.807, 2.05) is 0 Å². The molecule has 0 aromatic heterocycles. The first kappa shape index (κ1) is 14.6. The molecule has 0 bridgehead atoms. The minimum atomic E-state index is -1.95. The number of hydrogen-bond acceptors (Lipinski definition) is 6. The number of carbonyl (C=O) groups excluding carboxylic acids is 1. The molecule has 1 aromatic rings. The van der Waals surface area contributed by atoms with Crippen LogP contribution in [0.4, 0.5) is 0 Å². The van der Waals surface area contributed by atoms with Crippen LogP contribution in [0.15, 0.2) is 35.9 Å². The summed E-state index contributed by atoms with van der Waals surface area (Å²) in [6, 6.07) is 10.4. The Hall–Kier alpha value is -2.83. The molecule has 6 nitrogen and oxygen atoms in total. The van der Waals surface area contributed by atoms with Crippen molar-refractivity contribution in [2.24, 2.45) is 0 Å². The summed E-state index contributed by atoms with van der Waals surface area (Å²) in [7, 11) is 2.73. The third-order valence-corrected chi connectivity index (χ3v) is 3.17. The quantitative estimate of drug-likeness (QED) is 0.783. The molecular weight excluding hydrogens is 272 g/mol. The van der Waals surface area contributed by atoms with Crippen LogP contribution in [0, 0.1) is 22.7 Å². The molecule has 0 saturated carbocycles. The van der Waals surface area contributed by atoms with Gasteiger partial charge in [0.15, 0.2) is 0 Å². The van der Waals surface area contributed by atoms with Gasteiger partial charge in [-0.2, -0.15) is 10.5 Å². The molecular formula is C15H12N2O4. The van der Waals surface area contributed by atoms with E-state index in [0.29, 0.717) is 11.3 Å². The lowest BCUT2D eigenvalue weighted by atomic mass is 9.98. The normalized spacial score (nSPS) is 19.0. The largest absolute Gasteiger partial charge is 0.497 e. The highest BCUT2D eigenvalue weighted by Crippen LogP contribution is 2.39. The zero-order valence-corrected chi connectivity index (χ0v) is 11.5. The smallest absolute Gasteiger partial charge is 0.338 e. The second-order valence-electron chi connectivity index (χ2n) is 4.29. The summed E-state index contributed by atoms with van der Waals surface area (Å²) in [6.07, 6.45) is 0.754. The highest BCUT2D eigenvalue weighted by atomic mass is 16.5. The number of nitriles is 2. The van der Waals surface area contributed by atoms with Crippen molar-refractivity contribution in [2.45, 2.75) is 11.7 Å². The van der Waals surface area contributed by atoms with Gasteiger partial charge in [0.05, 0.1) is 19.8 Å². The fourth-order valence-electron chi connectivity index (χ4n) is 2.03. The molecule has 1 aliphatic rings. The number of rotatable bonds is 3. The van der Waals surface area contributed by atoms with Gasteiger partial charge in [-0.05, 0) is 23.8 Å². The van der Waals surface area contributed by atoms with E-state index in [0.717, 1.165) is 0 Å². The van der Waals surface area contributed by atoms with E-state index in [4.69, 9.17) is 9.47 Å². The van der Waals surface area contributed by atoms with Crippen molar-refractivity contribution in [2.75, 3.05) is 14.2 Å². The van der Waals surface area contributed by atoms with Crippen LogP contribution in [0.3, 0.4) is 0 Å². The molecule has 1 heterocycles. The third kappa shape index (κ3) is 2.45. The predicted molar refractivity (Wildman–Crippen MR) is 70.9 cm³/mol. The third-order valence-electron chi connectivity index (χ3n) is 3.17. The maximum absolute atomic E-state index is 11.7. The van der Waals surface area contributed by atoms with Crippen LogP contribution in [0.1, 0.15) is 11.7 Å². The van der Waals surface area contributed by atoms with Crippen molar-refractivity contribution in [3.63, 3.8) is 0 Å². The number of methoxy groups -OCH3 is 2. The minimum absolute atomic E-state index is 0.101. The molecule has 21 heavy (non-hydrogen) atoms. The van der Waals surface area contributed by atoms with Crippen molar-refractivity contribution in [3.8, 4) is 17.9 Å². The molecule has 1 atom stereocenters. The molecule has 106 valence electrons. The fraction of sp³-hybridized carbons (Fsp3) is 0.267. The van der Waals surface area contributed by atoms with Gasteiger partial charge < -0.3 is 14.2 Å². The summed E-state index contributed by atoms with van der Waals surface area (Å²) < 4.78 is 15.1. The molecule has 0 aliphatic carbocycles. The summed E-state index contributed by atoms with van der Waals surface area (Å²) in [5, 5.41) is 18.4. The van der Waals surface area contributed by atoms with E-state index in [1.165, 1.54) is 13.2 Å². The van der Waals surface area contributed by atoms with E-state index >= 15 is 0 Å². The van der Waals surface area contributed by atoms with Gasteiger partial charge >= 0.3 is 5.97 Å². The number of ether oxygens (including phenoxy) is 3. The number of hydrogen-bond donors (Lipinski definition) is 0. The Morgan fingerprint density at radius 3 is 2.33 bits per heavy atom. The summed E-state index contributed by atoms with van der Waals surface area (Å²) in [6.45, 7) is 0. The van der Waals surface area contributed by atoms with Crippen LogP contribution < -0.4 is 4.74 Å². The highest BCUT2D eigenvalue weighted by molar-refractivity contribution is 5.93. The van der Waals surface area contributed by atoms with Crippen LogP contribution >= 0.6 is 0 Å². The molecule has 6 heteroatoms. The zero-order valence-electron chi connectivity index (χ0n) is 11.5. The van der Waals surface area contributed by atoms with Crippen LogP contribution in [-0.4, -0.2) is 25.8 Å². The van der Waals surface area contributed by atoms with Crippen molar-refractivity contribution < 1.29 is 19.0 Å². The van der Waals surface area contributed by atoms with Gasteiger partial charge in [0.1, 0.15) is 24.0 Å². The molecule has 1 unspecified atom stereocenters. The molecule has 1 aliphatic heterocycles. The van der Waals surface area contributed by atoms with Crippen molar-refractivity contribution >= 4 is 5.97 Å². The topological polar surface area (TPSA) is 92.3 Å². The Bertz CT molecular complexity index is 650. The van der Waals surface area contributed by atoms with E-state index < -0.39 is 17.7 Å². The maximum Gasteiger partial charge on any atom is 0.338 e. The van der Waals surface area contributed by atoms with E-state index in [1.54, 1.807) is 43.5 Å². The van der Waals surface area contributed by atoms with Crippen LogP contribution in [0.5, 0.6) is 5.75 Å². The molecule has 2 rings (SSSR count). The van der Waals surface area contributed by atoms with Crippen LogP contribution in [-0.2, 0) is 14.3 Å². The second kappa shape index (κ2) is 5.66. The average molecular weight is 284 g/mol. The SMILES string of the molecule is COC(=O)C1=CC(c2ccc(OC)cc2)OC1(C#N)C#N. The van der Waals surface area contributed by atoms with Gasteiger partial charge in [0, 0.05) is 0 Å². The minimum Gasteiger partial charge on any atom is -0.497 e. The molecule has 0 fully saturated rings. The summed E-state index contributed by atoms with van der Waals surface area (Å²) in [5.41, 5.74) is -1.35. The lowest BCUT2D eigenvalue weighted by Crippen LogP contribution is -2.31. The van der Waals surface area contributed by atoms with Crippen molar-refractivity contribution in [1.82, 2.24) is 0 Å². The summed E-state index contributed by atoms with van der Waals surface area (Å²) in [5.74, 6) is -0.0881. The van der Waals surface area contributed by atoms with E-state index in [2.05, 4.69) is 4.74 Å². The monoisotopic (exact) mass is 284 g/mol. The van der Waals surface area contributed by atoms with E-state index in [9.17, 15) is 15.3 Å². The number of nitrogens with zero attached hydrogens (tertiary/aromatic N) is 2. The molecule has 1 aromatic carbocycles. The first-order valence-electron chi connectivity index (χ1n) is 6.05. The Labute approximate surface area is 121 Å². The zero-order chi connectivity index (χ0) is 15.5. The lowest BCUT2D eigenvalue weighted by molar-refractivity contribution is -0.137. The number of benzene rings is 1. The van der Waals surface area contributed by atoms with Crippen molar-refractivity contribution in [3.05, 3.63) is 41.5 Å². The first-order valence-corrected chi connectivity index (χ1v) is 6.05. The van der Waals surface area contributed by atoms with Gasteiger partial charge in [0.2, 0.25) is 0 Å². The van der Waals surface area contributed by atoms with Gasteiger partial charge in [-0.15, -0.1) is 0 Å². The van der Waals surface area contributed by atoms with Gasteiger partial charge in [-0.25, -0.2) is 4.79 Å². The molecule has 0 radical (unpaired) electrons. The summed E-state index contributed by atoms with van der Waals surface area (Å²) >= 11 is 0. The van der Waals surface area contributed by atoms with Crippen LogP contribution in [0.2, 0.25) is 0 Å². The second-order valence-corrected chi connectivity index (χ2v) is 4.29. The fourth-order valence-corrected chi connectivity index (χ4v) is 2.03. The predicted octanol–water partition coefficient (Wildman–Crippen LogP) is 1.65. The average Bonchev–Trinajstić information content (AvgIpc) is 2.94. The van der Waals surface area contributed by atoms with Crippen molar-refractivity contribution in [1.29, 1.82) is 10.5 Å². The van der Waals surface area contributed by atoms with E-state index in [-0.39, 0.29) is 5.57 Å². The van der Waals surface area contributed by atoms with Gasteiger partial charge in [0.25, 0.3) is 5.60 Å². The molecule has 0 saturated heterocycles. The Morgan fingerprint density at radius 1 is 1.24 bits per heavy atom. The lowest BCUT2D eigenvalue weighted by Gasteiger charge is -2.17. The van der Waals surface area contributed by atoms with Gasteiger partial charge in [-0.3, -0.25) is 0 Å². The van der Waals surface area contributed by atoms with Crippen LogP contribution in [0.25, 0.3) is 0 Å². The molecule has 0 spiro atoms. The van der Waals surface area contributed by atoms with Gasteiger partial charge in [-0.1, -0.05) is 12.1 Å². The Balaban J connectivity index is 2.40. The molecule has 0 N–H and O–H groups in total. The number of esters is 1. The Kier molecular flexibility index (Phi) is 3.93. The summed E-state index contributed by atoms with van der Waals surface area (Å²) in [4.78, 5) is 11.7. The standard InChI is InChI=1S/C15H12N2O4/c1-19-11-5-3-10(4-6-11)13-7-12(14(18)20-2)15(8-16,9-17)21-13/h3-7,13H,1-2H3. The highest BCUT2D eigenvalue weighted by Gasteiger charge is 2.48. The number of carbonyl (C=O) groups is 1.